The molecule has 2 saturated heterocycles. The van der Waals surface area contributed by atoms with Gasteiger partial charge in [0.25, 0.3) is 5.91 Å². The van der Waals surface area contributed by atoms with E-state index in [-0.39, 0.29) is 17.9 Å². The number of carbonyl (C=O) groups is 2. The van der Waals surface area contributed by atoms with Gasteiger partial charge in [-0.25, -0.2) is 9.97 Å². The van der Waals surface area contributed by atoms with Crippen molar-refractivity contribution in [3.63, 3.8) is 0 Å². The lowest BCUT2D eigenvalue weighted by molar-refractivity contribution is -0.140. The Labute approximate surface area is 158 Å². The topological polar surface area (TPSA) is 84.2 Å². The fourth-order valence-corrected chi connectivity index (χ4v) is 4.24. The number of fused-ring (bicyclic) bond motifs is 1. The van der Waals surface area contributed by atoms with Crippen LogP contribution in [0.4, 0.5) is 0 Å². The van der Waals surface area contributed by atoms with Gasteiger partial charge in [0, 0.05) is 63.4 Å². The average Bonchev–Trinajstić information content (AvgIpc) is 3.23. The summed E-state index contributed by atoms with van der Waals surface area (Å²) in [6, 6.07) is 0.236. The van der Waals surface area contributed by atoms with Gasteiger partial charge in [0.1, 0.15) is 5.69 Å². The van der Waals surface area contributed by atoms with Gasteiger partial charge in [-0.2, -0.15) is 0 Å². The minimum Gasteiger partial charge on any atom is -0.339 e. The van der Waals surface area contributed by atoms with E-state index in [0.29, 0.717) is 31.1 Å². The molecule has 2 fully saturated rings. The number of aromatic nitrogens is 4. The molecule has 2 aromatic rings. The molecule has 0 spiro atoms. The predicted molar refractivity (Wildman–Crippen MR) is 97.6 cm³/mol. The molecule has 8 nitrogen and oxygen atoms in total. The largest absolute Gasteiger partial charge is 0.339 e. The highest BCUT2D eigenvalue weighted by Crippen LogP contribution is 2.31. The quantitative estimate of drug-likeness (QED) is 0.792. The number of aryl methyl sites for hydroxylation is 1. The van der Waals surface area contributed by atoms with E-state index in [2.05, 4.69) is 19.9 Å². The number of piperidine rings is 2. The van der Waals surface area contributed by atoms with Crippen LogP contribution in [0.2, 0.25) is 0 Å². The van der Waals surface area contributed by atoms with E-state index in [1.165, 1.54) is 6.20 Å². The lowest BCUT2D eigenvalue weighted by Crippen LogP contribution is -2.57. The molecule has 0 aliphatic carbocycles. The standard InChI is InChI=1S/C19H24N6O2/c26-18-3-2-15-13-24(19(27)16-12-20-5-6-22-16)10-4-17(15)25(18)9-1-8-23-11-7-21-14-23/h5-7,11-12,14-15,17H,1-4,8-10,13H2/t15-,17+/m0/s1. The van der Waals surface area contributed by atoms with Crippen LogP contribution in [-0.2, 0) is 11.3 Å². The molecule has 2 amide bonds. The molecular weight excluding hydrogens is 344 g/mol. The van der Waals surface area contributed by atoms with Gasteiger partial charge in [0.2, 0.25) is 5.91 Å². The van der Waals surface area contributed by atoms with E-state index >= 15 is 0 Å². The summed E-state index contributed by atoms with van der Waals surface area (Å²) in [5.41, 5.74) is 0.389. The Morgan fingerprint density at radius 1 is 1.15 bits per heavy atom. The van der Waals surface area contributed by atoms with Crippen LogP contribution in [0.15, 0.2) is 37.3 Å². The summed E-state index contributed by atoms with van der Waals surface area (Å²) in [4.78, 5) is 41.2. The van der Waals surface area contributed by atoms with Gasteiger partial charge in [0.15, 0.2) is 0 Å². The first-order valence-corrected chi connectivity index (χ1v) is 9.53. The number of carbonyl (C=O) groups excluding carboxylic acids is 2. The number of rotatable bonds is 5. The molecule has 0 aromatic carbocycles. The molecule has 2 atom stereocenters. The van der Waals surface area contributed by atoms with Crippen molar-refractivity contribution in [2.75, 3.05) is 19.6 Å². The van der Waals surface area contributed by atoms with Crippen molar-refractivity contribution < 1.29 is 9.59 Å². The van der Waals surface area contributed by atoms with E-state index in [4.69, 9.17) is 0 Å². The third-order valence-corrected chi connectivity index (χ3v) is 5.59. The van der Waals surface area contributed by atoms with E-state index in [9.17, 15) is 9.59 Å². The normalized spacial score (nSPS) is 22.6. The summed E-state index contributed by atoms with van der Waals surface area (Å²) in [5.74, 6) is 0.519. The van der Waals surface area contributed by atoms with Crippen LogP contribution in [0, 0.1) is 5.92 Å². The van der Waals surface area contributed by atoms with Gasteiger partial charge in [-0.15, -0.1) is 0 Å². The Bertz CT molecular complexity index is 779. The van der Waals surface area contributed by atoms with E-state index in [1.807, 2.05) is 15.7 Å². The molecule has 4 heterocycles. The first-order valence-electron chi connectivity index (χ1n) is 9.53. The van der Waals surface area contributed by atoms with Gasteiger partial charge in [-0.05, 0) is 25.2 Å². The van der Waals surface area contributed by atoms with Gasteiger partial charge >= 0.3 is 0 Å². The van der Waals surface area contributed by atoms with E-state index in [0.717, 1.165) is 32.4 Å². The van der Waals surface area contributed by atoms with Crippen LogP contribution in [0.3, 0.4) is 0 Å². The molecule has 2 aliphatic heterocycles. The molecule has 2 aliphatic rings. The minimum absolute atomic E-state index is 0.0647. The summed E-state index contributed by atoms with van der Waals surface area (Å²) in [6.07, 6.45) is 13.3. The number of hydrogen-bond donors (Lipinski definition) is 0. The minimum atomic E-state index is -0.0647. The number of likely N-dealkylation sites (tertiary alicyclic amines) is 2. The highest BCUT2D eigenvalue weighted by molar-refractivity contribution is 5.92. The highest BCUT2D eigenvalue weighted by atomic mass is 16.2. The van der Waals surface area contributed by atoms with Crippen LogP contribution in [0.5, 0.6) is 0 Å². The van der Waals surface area contributed by atoms with Crippen LogP contribution in [0.1, 0.15) is 36.2 Å². The summed E-state index contributed by atoms with van der Waals surface area (Å²) in [5, 5.41) is 0. The third kappa shape index (κ3) is 3.84. The predicted octanol–water partition coefficient (Wildman–Crippen LogP) is 1.22. The molecule has 142 valence electrons. The van der Waals surface area contributed by atoms with Crippen molar-refractivity contribution in [3.8, 4) is 0 Å². The molecule has 27 heavy (non-hydrogen) atoms. The maximum absolute atomic E-state index is 12.7. The molecule has 0 bridgehead atoms. The van der Waals surface area contributed by atoms with Crippen molar-refractivity contribution in [2.45, 2.75) is 38.3 Å². The number of amides is 2. The number of hydrogen-bond acceptors (Lipinski definition) is 5. The van der Waals surface area contributed by atoms with Gasteiger partial charge in [-0.3, -0.25) is 14.6 Å². The lowest BCUT2D eigenvalue weighted by Gasteiger charge is -2.47. The maximum atomic E-state index is 12.7. The summed E-state index contributed by atoms with van der Waals surface area (Å²) in [6.45, 7) is 2.96. The van der Waals surface area contributed by atoms with Gasteiger partial charge in [0.05, 0.1) is 12.5 Å². The second-order valence-corrected chi connectivity index (χ2v) is 7.24. The van der Waals surface area contributed by atoms with Crippen LogP contribution >= 0.6 is 0 Å². The summed E-state index contributed by atoms with van der Waals surface area (Å²) < 4.78 is 2.04. The fourth-order valence-electron chi connectivity index (χ4n) is 4.24. The molecule has 2 aromatic heterocycles. The first-order chi connectivity index (χ1) is 13.2. The van der Waals surface area contributed by atoms with E-state index < -0.39 is 0 Å². The lowest BCUT2D eigenvalue weighted by atomic mass is 9.83. The number of imidazole rings is 1. The number of nitrogens with zero attached hydrogens (tertiary/aromatic N) is 6. The molecule has 0 N–H and O–H groups in total. The smallest absolute Gasteiger partial charge is 0.274 e. The zero-order valence-electron chi connectivity index (χ0n) is 15.3. The zero-order valence-corrected chi connectivity index (χ0v) is 15.3. The monoisotopic (exact) mass is 368 g/mol. The first kappa shape index (κ1) is 17.6. The van der Waals surface area contributed by atoms with Crippen molar-refractivity contribution in [3.05, 3.63) is 43.0 Å². The van der Waals surface area contributed by atoms with Crippen molar-refractivity contribution in [1.29, 1.82) is 0 Å². The third-order valence-electron chi connectivity index (χ3n) is 5.59. The second kappa shape index (κ2) is 7.85. The fraction of sp³-hybridized carbons (Fsp3) is 0.526. The van der Waals surface area contributed by atoms with Crippen molar-refractivity contribution in [1.82, 2.24) is 29.3 Å². The SMILES string of the molecule is O=C(c1cnccn1)N1CC[C@@H]2[C@@H](CCC(=O)N2CCCn2ccnc2)C1. The molecule has 8 heteroatoms. The van der Waals surface area contributed by atoms with Crippen molar-refractivity contribution in [2.24, 2.45) is 5.92 Å². The Kier molecular flexibility index (Phi) is 5.13. The average molecular weight is 368 g/mol. The van der Waals surface area contributed by atoms with Crippen LogP contribution < -0.4 is 0 Å². The van der Waals surface area contributed by atoms with Gasteiger partial charge in [-0.1, -0.05) is 0 Å². The molecule has 4 rings (SSSR count). The maximum Gasteiger partial charge on any atom is 0.274 e. The van der Waals surface area contributed by atoms with E-state index in [1.54, 1.807) is 24.9 Å². The second-order valence-electron chi connectivity index (χ2n) is 7.24. The molecular formula is C19H24N6O2. The Morgan fingerprint density at radius 3 is 2.85 bits per heavy atom. The van der Waals surface area contributed by atoms with Gasteiger partial charge < -0.3 is 14.4 Å². The molecule has 0 radical (unpaired) electrons. The highest BCUT2D eigenvalue weighted by Gasteiger charge is 2.40. The van der Waals surface area contributed by atoms with Crippen LogP contribution in [-0.4, -0.2) is 66.8 Å². The van der Waals surface area contributed by atoms with Crippen LogP contribution in [0.25, 0.3) is 0 Å². The Hall–Kier alpha value is -2.77. The zero-order chi connectivity index (χ0) is 18.6. The Balaban J connectivity index is 1.37. The summed E-state index contributed by atoms with van der Waals surface area (Å²) >= 11 is 0. The summed E-state index contributed by atoms with van der Waals surface area (Å²) in [7, 11) is 0. The Morgan fingerprint density at radius 2 is 2.07 bits per heavy atom. The molecule has 0 unspecified atom stereocenters. The van der Waals surface area contributed by atoms with Crippen molar-refractivity contribution >= 4 is 11.8 Å². The molecule has 0 saturated carbocycles.